The van der Waals surface area contributed by atoms with E-state index in [-0.39, 0.29) is 10.6 Å². The first-order valence-electron chi connectivity index (χ1n) is 6.08. The third-order valence-electron chi connectivity index (χ3n) is 3.04. The van der Waals surface area contributed by atoms with Crippen LogP contribution in [0.4, 0.5) is 19.0 Å². The van der Waals surface area contributed by atoms with Crippen molar-refractivity contribution in [1.82, 2.24) is 14.8 Å². The van der Waals surface area contributed by atoms with Crippen LogP contribution in [0.15, 0.2) is 23.2 Å². The van der Waals surface area contributed by atoms with Crippen molar-refractivity contribution in [2.45, 2.75) is 24.9 Å². The van der Waals surface area contributed by atoms with E-state index in [0.29, 0.717) is 11.8 Å². The highest BCUT2D eigenvalue weighted by Gasteiger charge is 2.31. The molecule has 0 fully saturated rings. The van der Waals surface area contributed by atoms with Gasteiger partial charge in [-0.3, -0.25) is 9.40 Å². The molecule has 2 heterocycles. The van der Waals surface area contributed by atoms with E-state index in [2.05, 4.69) is 10.1 Å². The number of sulfonamides is 1. The molecule has 0 spiro atoms. The summed E-state index contributed by atoms with van der Waals surface area (Å²) < 4.78 is 66.0. The Hall–Kier alpha value is -2.10. The lowest BCUT2D eigenvalue weighted by molar-refractivity contribution is -0.137. The highest BCUT2D eigenvalue weighted by atomic mass is 32.2. The first-order chi connectivity index (χ1) is 10.0. The van der Waals surface area contributed by atoms with Gasteiger partial charge >= 0.3 is 6.18 Å². The number of halogens is 3. The number of aromatic nitrogens is 3. The lowest BCUT2D eigenvalue weighted by atomic mass is 10.2. The summed E-state index contributed by atoms with van der Waals surface area (Å²) in [6.45, 7) is 3.05. The van der Waals surface area contributed by atoms with Crippen LogP contribution >= 0.6 is 0 Å². The summed E-state index contributed by atoms with van der Waals surface area (Å²) in [7, 11) is -2.51. The van der Waals surface area contributed by atoms with Crippen molar-refractivity contribution in [1.29, 1.82) is 0 Å². The molecule has 2 aromatic heterocycles. The molecule has 0 saturated carbocycles. The molecule has 0 aliphatic rings. The molecule has 6 nitrogen and oxygen atoms in total. The van der Waals surface area contributed by atoms with Crippen molar-refractivity contribution >= 4 is 15.8 Å². The van der Waals surface area contributed by atoms with Crippen LogP contribution in [0.1, 0.15) is 17.0 Å². The number of hydrogen-bond donors (Lipinski definition) is 1. The number of alkyl halides is 3. The van der Waals surface area contributed by atoms with Gasteiger partial charge in [0.25, 0.3) is 10.0 Å². The van der Waals surface area contributed by atoms with Crippen molar-refractivity contribution in [2.75, 3.05) is 4.72 Å². The molecule has 0 unspecified atom stereocenters. The maximum Gasteiger partial charge on any atom is 0.416 e. The molecule has 2 aromatic rings. The number of aryl methyl sites for hydroxylation is 2. The number of rotatable bonds is 3. The van der Waals surface area contributed by atoms with Crippen molar-refractivity contribution in [3.8, 4) is 0 Å². The topological polar surface area (TPSA) is 76.9 Å². The quantitative estimate of drug-likeness (QED) is 0.934. The van der Waals surface area contributed by atoms with E-state index in [9.17, 15) is 21.6 Å². The fraction of sp³-hybridized carbons (Fsp3) is 0.333. The van der Waals surface area contributed by atoms with Crippen LogP contribution in [0.25, 0.3) is 0 Å². The molecule has 0 aromatic carbocycles. The summed E-state index contributed by atoms with van der Waals surface area (Å²) >= 11 is 0. The minimum atomic E-state index is -4.58. The zero-order valence-electron chi connectivity index (χ0n) is 11.9. The summed E-state index contributed by atoms with van der Waals surface area (Å²) in [6.07, 6.45) is -3.69. The molecule has 1 N–H and O–H groups in total. The van der Waals surface area contributed by atoms with Crippen LogP contribution in [-0.2, 0) is 23.2 Å². The van der Waals surface area contributed by atoms with E-state index in [1.54, 1.807) is 14.0 Å². The molecular weight excluding hydrogens is 321 g/mol. The second kappa shape index (κ2) is 5.27. The fourth-order valence-corrected chi connectivity index (χ4v) is 3.43. The van der Waals surface area contributed by atoms with Crippen molar-refractivity contribution in [3.63, 3.8) is 0 Å². The zero-order valence-corrected chi connectivity index (χ0v) is 12.7. The van der Waals surface area contributed by atoms with Gasteiger partial charge in [-0.05, 0) is 26.0 Å². The molecule has 0 radical (unpaired) electrons. The first kappa shape index (κ1) is 16.3. The lowest BCUT2D eigenvalue weighted by Crippen LogP contribution is -2.16. The van der Waals surface area contributed by atoms with Gasteiger partial charge in [0.05, 0.1) is 17.0 Å². The summed E-state index contributed by atoms with van der Waals surface area (Å²) in [6, 6.07) is 1.40. The average molecular weight is 334 g/mol. The highest BCUT2D eigenvalue weighted by molar-refractivity contribution is 7.92. The standard InChI is InChI=1S/C12H13F3N4O2S/c1-7-11(8(2)19(3)17-7)22(20,21)18-10-6-9(4-5-16-10)12(13,14)15/h4-6H,1-3H3,(H,16,18). The van der Waals surface area contributed by atoms with Crippen LogP contribution < -0.4 is 4.72 Å². The molecule has 10 heteroatoms. The maximum absolute atomic E-state index is 12.6. The van der Waals surface area contributed by atoms with E-state index in [1.807, 2.05) is 4.72 Å². The molecule has 22 heavy (non-hydrogen) atoms. The Balaban J connectivity index is 2.42. The summed E-state index contributed by atoms with van der Waals surface area (Å²) in [5.41, 5.74) is -0.365. The second-order valence-corrected chi connectivity index (χ2v) is 6.28. The zero-order chi connectivity index (χ0) is 16.7. The Bertz CT molecular complexity index is 812. The van der Waals surface area contributed by atoms with Gasteiger partial charge in [-0.1, -0.05) is 0 Å². The van der Waals surface area contributed by atoms with Crippen molar-refractivity contribution in [2.24, 2.45) is 7.05 Å². The van der Waals surface area contributed by atoms with Gasteiger partial charge < -0.3 is 0 Å². The van der Waals surface area contributed by atoms with Crippen LogP contribution in [0.3, 0.4) is 0 Å². The fourth-order valence-electron chi connectivity index (χ4n) is 1.99. The van der Waals surface area contributed by atoms with Crippen molar-refractivity contribution < 1.29 is 21.6 Å². The highest BCUT2D eigenvalue weighted by Crippen LogP contribution is 2.30. The third kappa shape index (κ3) is 3.06. The molecular formula is C12H13F3N4O2S. The van der Waals surface area contributed by atoms with Crippen LogP contribution in [-0.4, -0.2) is 23.2 Å². The molecule has 0 amide bonds. The largest absolute Gasteiger partial charge is 0.416 e. The van der Waals surface area contributed by atoms with Crippen LogP contribution in [0.2, 0.25) is 0 Å². The maximum atomic E-state index is 12.6. The number of anilines is 1. The Morgan fingerprint density at radius 1 is 1.27 bits per heavy atom. The Kier molecular flexibility index (Phi) is 3.90. The predicted octanol–water partition coefficient (Wildman–Crippen LogP) is 2.25. The van der Waals surface area contributed by atoms with Crippen LogP contribution in [0.5, 0.6) is 0 Å². The average Bonchev–Trinajstić information content (AvgIpc) is 2.62. The summed E-state index contributed by atoms with van der Waals surface area (Å²) in [4.78, 5) is 3.54. The summed E-state index contributed by atoms with van der Waals surface area (Å²) in [5, 5.41) is 3.97. The minimum absolute atomic E-state index is 0.0748. The Morgan fingerprint density at radius 2 is 1.91 bits per heavy atom. The molecule has 0 saturated heterocycles. The Morgan fingerprint density at radius 3 is 2.41 bits per heavy atom. The van der Waals surface area contributed by atoms with E-state index >= 15 is 0 Å². The van der Waals surface area contributed by atoms with E-state index in [0.717, 1.165) is 12.3 Å². The van der Waals surface area contributed by atoms with Gasteiger partial charge in [0, 0.05) is 13.2 Å². The number of pyridine rings is 1. The molecule has 0 aliphatic heterocycles. The van der Waals surface area contributed by atoms with Crippen molar-refractivity contribution in [3.05, 3.63) is 35.3 Å². The van der Waals surface area contributed by atoms with Gasteiger partial charge in [-0.15, -0.1) is 0 Å². The first-order valence-corrected chi connectivity index (χ1v) is 7.57. The molecule has 2 rings (SSSR count). The smallest absolute Gasteiger partial charge is 0.271 e. The lowest BCUT2D eigenvalue weighted by Gasteiger charge is -2.10. The normalized spacial score (nSPS) is 12.5. The van der Waals surface area contributed by atoms with E-state index < -0.39 is 27.6 Å². The third-order valence-corrected chi connectivity index (χ3v) is 4.64. The van der Waals surface area contributed by atoms with Gasteiger partial charge in [-0.2, -0.15) is 18.3 Å². The molecule has 0 bridgehead atoms. The molecule has 0 atom stereocenters. The molecule has 120 valence electrons. The van der Waals surface area contributed by atoms with Gasteiger partial charge in [0.2, 0.25) is 0 Å². The molecule has 0 aliphatic carbocycles. The number of nitrogens with one attached hydrogen (secondary N) is 1. The minimum Gasteiger partial charge on any atom is -0.271 e. The number of nitrogens with zero attached hydrogens (tertiary/aromatic N) is 3. The van der Waals surface area contributed by atoms with E-state index in [4.69, 9.17) is 0 Å². The second-order valence-electron chi connectivity index (χ2n) is 4.66. The van der Waals surface area contributed by atoms with Gasteiger partial charge in [0.1, 0.15) is 10.7 Å². The SMILES string of the molecule is Cc1nn(C)c(C)c1S(=O)(=O)Nc1cc(C(F)(F)F)ccn1. The Labute approximate surface area is 125 Å². The van der Waals surface area contributed by atoms with Gasteiger partial charge in [0.15, 0.2) is 0 Å². The van der Waals surface area contributed by atoms with E-state index in [1.165, 1.54) is 11.6 Å². The predicted molar refractivity (Wildman–Crippen MR) is 72.7 cm³/mol. The summed E-state index contributed by atoms with van der Waals surface area (Å²) in [5.74, 6) is -0.405. The van der Waals surface area contributed by atoms with Gasteiger partial charge in [-0.25, -0.2) is 13.4 Å². The monoisotopic (exact) mass is 334 g/mol. The number of hydrogen-bond acceptors (Lipinski definition) is 4. The van der Waals surface area contributed by atoms with Crippen LogP contribution in [0, 0.1) is 13.8 Å².